The largest absolute Gasteiger partial charge is 0.352 e. The summed E-state index contributed by atoms with van der Waals surface area (Å²) in [5.41, 5.74) is -0.593. The Labute approximate surface area is 128 Å². The number of amides is 2. The summed E-state index contributed by atoms with van der Waals surface area (Å²) < 4.78 is 2.03. The average molecular weight is 313 g/mol. The molecular weight excluding hydrogens is 302 g/mol. The Bertz CT molecular complexity index is 961. The Morgan fingerprint density at radius 1 is 1.17 bits per heavy atom. The number of imidazole rings is 1. The first-order valence-electron chi connectivity index (χ1n) is 6.46. The first-order chi connectivity index (χ1) is 11.0. The molecule has 0 spiro atoms. The number of aromatic nitrogens is 5. The van der Waals surface area contributed by atoms with Gasteiger partial charge >= 0.3 is 5.69 Å². The topological polar surface area (TPSA) is 128 Å². The third kappa shape index (κ3) is 2.36. The molecule has 0 saturated carbocycles. The Morgan fingerprint density at radius 2 is 1.87 bits per heavy atom. The highest BCUT2D eigenvalue weighted by molar-refractivity contribution is 6.11. The van der Waals surface area contributed by atoms with Crippen molar-refractivity contribution in [1.82, 2.24) is 29.4 Å². The number of hydrazine groups is 1. The van der Waals surface area contributed by atoms with Gasteiger partial charge in [-0.25, -0.2) is 25.0 Å². The molecule has 1 aromatic carbocycles. The summed E-state index contributed by atoms with van der Waals surface area (Å²) in [6, 6.07) is 8.07. The minimum atomic E-state index is -0.885. The van der Waals surface area contributed by atoms with E-state index in [1.807, 2.05) is 0 Å². The molecule has 2 heterocycles. The van der Waals surface area contributed by atoms with Crippen molar-refractivity contribution in [2.24, 2.45) is 12.9 Å². The Balaban J connectivity index is 1.99. The lowest BCUT2D eigenvalue weighted by molar-refractivity contribution is 0.0613. The molecule has 3 aromatic rings. The van der Waals surface area contributed by atoms with Crippen molar-refractivity contribution < 1.29 is 9.59 Å². The minimum Gasteiger partial charge on any atom is -0.267 e. The number of hydrogen-bond acceptors (Lipinski definition) is 7. The van der Waals surface area contributed by atoms with Crippen molar-refractivity contribution in [2.45, 2.75) is 0 Å². The van der Waals surface area contributed by atoms with Gasteiger partial charge in [0.15, 0.2) is 11.3 Å². The second kappa shape index (κ2) is 5.42. The molecule has 2 N–H and O–H groups in total. The Morgan fingerprint density at radius 3 is 2.57 bits per heavy atom. The molecule has 10 heteroatoms. The Kier molecular flexibility index (Phi) is 3.43. The normalized spacial score (nSPS) is 10.7. The van der Waals surface area contributed by atoms with Gasteiger partial charge in [0, 0.05) is 12.6 Å². The van der Waals surface area contributed by atoms with Crippen LogP contribution in [-0.2, 0) is 7.05 Å². The zero-order chi connectivity index (χ0) is 16.6. The molecule has 23 heavy (non-hydrogen) atoms. The number of nitrogens with two attached hydrogens (primary N) is 1. The first kappa shape index (κ1) is 14.5. The quantitative estimate of drug-likeness (QED) is 0.277. The van der Waals surface area contributed by atoms with Crippen LogP contribution in [0.2, 0.25) is 0 Å². The fraction of sp³-hybridized carbons (Fsp3) is 0.0769. The summed E-state index contributed by atoms with van der Waals surface area (Å²) in [4.78, 5) is 40.2. The summed E-state index contributed by atoms with van der Waals surface area (Å²) in [6.45, 7) is 0. The standard InChI is InChI=1S/C13H11N7O3/c1-18-13(23)19-7-15-9(10(19)16-17-18)12(22)20(14)11(21)8-5-3-2-4-6-8/h2-7H,14H2,1H3. The molecule has 0 radical (unpaired) electrons. The van der Waals surface area contributed by atoms with Crippen LogP contribution >= 0.6 is 0 Å². The monoisotopic (exact) mass is 313 g/mol. The molecule has 0 bridgehead atoms. The van der Waals surface area contributed by atoms with E-state index in [-0.39, 0.29) is 16.9 Å². The van der Waals surface area contributed by atoms with Crippen LogP contribution in [0.3, 0.4) is 0 Å². The van der Waals surface area contributed by atoms with E-state index >= 15 is 0 Å². The van der Waals surface area contributed by atoms with Crippen LogP contribution in [0.5, 0.6) is 0 Å². The van der Waals surface area contributed by atoms with E-state index in [4.69, 9.17) is 5.84 Å². The zero-order valence-electron chi connectivity index (χ0n) is 11.9. The van der Waals surface area contributed by atoms with Crippen LogP contribution in [-0.4, -0.2) is 41.2 Å². The smallest absolute Gasteiger partial charge is 0.267 e. The number of fused-ring (bicyclic) bond motifs is 1. The van der Waals surface area contributed by atoms with Gasteiger partial charge in [0.05, 0.1) is 0 Å². The number of benzene rings is 1. The lowest BCUT2D eigenvalue weighted by atomic mass is 10.2. The maximum absolute atomic E-state index is 12.4. The molecule has 0 atom stereocenters. The molecule has 0 aliphatic heterocycles. The molecule has 0 saturated heterocycles. The van der Waals surface area contributed by atoms with Crippen molar-refractivity contribution in [3.63, 3.8) is 0 Å². The van der Waals surface area contributed by atoms with Crippen LogP contribution in [0.4, 0.5) is 0 Å². The maximum atomic E-state index is 12.4. The van der Waals surface area contributed by atoms with Gasteiger partial charge in [-0.2, -0.15) is 4.68 Å². The van der Waals surface area contributed by atoms with Gasteiger partial charge in [-0.1, -0.05) is 23.4 Å². The van der Waals surface area contributed by atoms with Gasteiger partial charge in [0.2, 0.25) is 0 Å². The summed E-state index contributed by atoms with van der Waals surface area (Å²) in [7, 11) is 1.41. The summed E-state index contributed by atoms with van der Waals surface area (Å²) >= 11 is 0. The number of carbonyl (C=O) groups excluding carboxylic acids is 2. The van der Waals surface area contributed by atoms with Gasteiger partial charge in [-0.15, -0.1) is 5.10 Å². The van der Waals surface area contributed by atoms with E-state index < -0.39 is 17.5 Å². The molecule has 116 valence electrons. The molecular formula is C13H11N7O3. The van der Waals surface area contributed by atoms with Gasteiger partial charge in [0.25, 0.3) is 11.8 Å². The van der Waals surface area contributed by atoms with E-state index in [2.05, 4.69) is 15.3 Å². The average Bonchev–Trinajstić information content (AvgIpc) is 3.01. The molecule has 2 amide bonds. The lowest BCUT2D eigenvalue weighted by Crippen LogP contribution is -2.43. The van der Waals surface area contributed by atoms with Crippen molar-refractivity contribution in [3.05, 3.63) is 58.4 Å². The summed E-state index contributed by atoms with van der Waals surface area (Å²) in [6.07, 6.45) is 1.13. The number of rotatable bonds is 2. The van der Waals surface area contributed by atoms with Crippen molar-refractivity contribution in [2.75, 3.05) is 0 Å². The predicted molar refractivity (Wildman–Crippen MR) is 77.2 cm³/mol. The lowest BCUT2D eigenvalue weighted by Gasteiger charge is -2.13. The third-order valence-corrected chi connectivity index (χ3v) is 3.16. The van der Waals surface area contributed by atoms with Crippen molar-refractivity contribution in [1.29, 1.82) is 0 Å². The van der Waals surface area contributed by atoms with Crippen LogP contribution in [0, 0.1) is 0 Å². The highest BCUT2D eigenvalue weighted by atomic mass is 16.2. The highest BCUT2D eigenvalue weighted by Gasteiger charge is 2.26. The zero-order valence-corrected chi connectivity index (χ0v) is 11.9. The molecule has 0 aliphatic carbocycles. The third-order valence-electron chi connectivity index (χ3n) is 3.16. The van der Waals surface area contributed by atoms with Crippen LogP contribution in [0.15, 0.2) is 41.5 Å². The molecule has 0 aliphatic rings. The number of carbonyl (C=O) groups is 2. The van der Waals surface area contributed by atoms with Gasteiger partial charge in [-0.05, 0) is 12.1 Å². The van der Waals surface area contributed by atoms with E-state index in [1.54, 1.807) is 18.2 Å². The van der Waals surface area contributed by atoms with E-state index in [9.17, 15) is 14.4 Å². The van der Waals surface area contributed by atoms with Gasteiger partial charge < -0.3 is 0 Å². The van der Waals surface area contributed by atoms with E-state index in [0.717, 1.165) is 15.4 Å². The summed E-state index contributed by atoms with van der Waals surface area (Å²) in [5.74, 6) is 4.01. The van der Waals surface area contributed by atoms with Gasteiger partial charge in [0.1, 0.15) is 6.33 Å². The minimum absolute atomic E-state index is 0.0746. The van der Waals surface area contributed by atoms with Crippen LogP contribution < -0.4 is 11.5 Å². The second-order valence-corrected chi connectivity index (χ2v) is 4.63. The van der Waals surface area contributed by atoms with Crippen molar-refractivity contribution >= 4 is 17.5 Å². The predicted octanol–water partition coefficient (Wildman–Crippen LogP) is -1.02. The number of hydrogen-bond donors (Lipinski definition) is 1. The first-order valence-corrected chi connectivity index (χ1v) is 6.46. The van der Waals surface area contributed by atoms with Crippen LogP contribution in [0.25, 0.3) is 5.65 Å². The molecule has 0 unspecified atom stereocenters. The van der Waals surface area contributed by atoms with Crippen molar-refractivity contribution in [3.8, 4) is 0 Å². The molecule has 2 aromatic heterocycles. The fourth-order valence-electron chi connectivity index (χ4n) is 1.96. The second-order valence-electron chi connectivity index (χ2n) is 4.63. The van der Waals surface area contributed by atoms with Gasteiger partial charge in [-0.3, -0.25) is 9.59 Å². The maximum Gasteiger partial charge on any atom is 0.352 e. The number of aryl methyl sites for hydroxylation is 1. The molecule has 10 nitrogen and oxygen atoms in total. The fourth-order valence-corrected chi connectivity index (χ4v) is 1.96. The highest BCUT2D eigenvalue weighted by Crippen LogP contribution is 2.08. The van der Waals surface area contributed by atoms with E-state index in [1.165, 1.54) is 19.2 Å². The number of imide groups is 1. The summed E-state index contributed by atoms with van der Waals surface area (Å²) in [5, 5.41) is 7.74. The van der Waals surface area contributed by atoms with E-state index in [0.29, 0.717) is 5.01 Å². The SMILES string of the molecule is Cn1nnc2c(C(=O)N(N)C(=O)c3ccccc3)ncn2c1=O. The Hall–Kier alpha value is -3.40. The number of nitrogens with zero attached hydrogens (tertiary/aromatic N) is 6. The van der Waals surface area contributed by atoms with Crippen LogP contribution in [0.1, 0.15) is 20.8 Å². The molecule has 3 rings (SSSR count). The molecule has 0 fully saturated rings.